The molecule has 0 radical (unpaired) electrons. The molecule has 6 rings (SSSR count). The second-order valence-electron chi connectivity index (χ2n) is 12.7. The van der Waals surface area contributed by atoms with E-state index in [2.05, 4.69) is 19.9 Å². The molecule has 6 aromatic rings. The Balaban J connectivity index is 0.000000314. The fourth-order valence-electron chi connectivity index (χ4n) is 4.92. The first kappa shape index (κ1) is 47.4. The Bertz CT molecular complexity index is 2320. The van der Waals surface area contributed by atoms with Crippen LogP contribution in [-0.4, -0.2) is 87.4 Å². The minimum Gasteiger partial charge on any atom is -0.478 e. The highest BCUT2D eigenvalue weighted by molar-refractivity contribution is 6.58. The molecular weight excluding hydrogens is 757 g/mol. The van der Waals surface area contributed by atoms with Crippen LogP contribution in [0.4, 0.5) is 20.4 Å². The monoisotopic (exact) mass is 804 g/mol. The number of benzene rings is 4. The van der Waals surface area contributed by atoms with Gasteiger partial charge < -0.3 is 29.7 Å². The van der Waals surface area contributed by atoms with Crippen molar-refractivity contribution < 1.29 is 38.3 Å². The highest BCUT2D eigenvalue weighted by atomic mass is 35.5. The number of methoxy groups -OCH3 is 1. The highest BCUT2D eigenvalue weighted by Crippen LogP contribution is 2.32. The van der Waals surface area contributed by atoms with Crippen LogP contribution in [0.2, 0.25) is 5.15 Å². The number of anilines is 2. The zero-order valence-corrected chi connectivity index (χ0v) is 32.0. The summed E-state index contributed by atoms with van der Waals surface area (Å²) in [6.45, 7) is 8.05. The SMILES string of the molecule is C.C.CC(C)N(C)c1nc2cc(C(=O)O)ccc2nc1-c1ccccc1F.COC(=O)c1ccc2nc(Cl)c(N(C)C(C)C)nc2c1.OB(O)c1ccccc1F. The average molecular weight is 805 g/mol. The van der Waals surface area contributed by atoms with E-state index in [9.17, 15) is 23.5 Å². The Morgan fingerprint density at radius 2 is 1.19 bits per heavy atom. The zero-order chi connectivity index (χ0) is 40.6. The number of esters is 1. The number of carboxylic acids is 1. The van der Waals surface area contributed by atoms with Crippen LogP contribution in [0.1, 0.15) is 63.3 Å². The summed E-state index contributed by atoms with van der Waals surface area (Å²) in [7, 11) is 3.38. The van der Waals surface area contributed by atoms with Gasteiger partial charge in [0.2, 0.25) is 0 Å². The Morgan fingerprint density at radius 3 is 1.70 bits per heavy atom. The number of hydrogen-bond acceptors (Lipinski definition) is 11. The van der Waals surface area contributed by atoms with Gasteiger partial charge in [-0.3, -0.25) is 0 Å². The smallest absolute Gasteiger partial charge is 0.478 e. The summed E-state index contributed by atoms with van der Waals surface area (Å²) in [5.41, 5.74) is 3.51. The van der Waals surface area contributed by atoms with Gasteiger partial charge in [-0.05, 0) is 82.3 Å². The van der Waals surface area contributed by atoms with E-state index in [1.165, 1.54) is 49.6 Å². The lowest BCUT2D eigenvalue weighted by molar-refractivity contribution is 0.0600. The average Bonchev–Trinajstić information content (AvgIpc) is 3.16. The van der Waals surface area contributed by atoms with E-state index in [4.69, 9.17) is 26.4 Å². The number of carbonyl (C=O) groups is 2. The minimum atomic E-state index is -1.72. The number of halogens is 3. The lowest BCUT2D eigenvalue weighted by Gasteiger charge is -2.25. The third-order valence-electron chi connectivity index (χ3n) is 8.45. The summed E-state index contributed by atoms with van der Waals surface area (Å²) in [4.78, 5) is 44.5. The lowest BCUT2D eigenvalue weighted by atomic mass is 9.80. The molecule has 0 aliphatic carbocycles. The van der Waals surface area contributed by atoms with Crippen molar-refractivity contribution in [3.8, 4) is 11.3 Å². The van der Waals surface area contributed by atoms with Gasteiger partial charge >= 0.3 is 19.1 Å². The Labute approximate surface area is 336 Å². The predicted octanol–water partition coefficient (Wildman–Crippen LogP) is 7.67. The van der Waals surface area contributed by atoms with E-state index in [1.807, 2.05) is 51.6 Å². The molecule has 0 bridgehead atoms. The van der Waals surface area contributed by atoms with Crippen LogP contribution >= 0.6 is 11.6 Å². The van der Waals surface area contributed by atoms with Crippen molar-refractivity contribution in [1.82, 2.24) is 19.9 Å². The molecule has 0 spiro atoms. The van der Waals surface area contributed by atoms with Crippen molar-refractivity contribution in [1.29, 1.82) is 0 Å². The third-order valence-corrected chi connectivity index (χ3v) is 8.70. The first-order valence-electron chi connectivity index (χ1n) is 17.0. The summed E-state index contributed by atoms with van der Waals surface area (Å²) < 4.78 is 31.5. The normalized spacial score (nSPS) is 10.4. The van der Waals surface area contributed by atoms with Crippen molar-refractivity contribution in [3.63, 3.8) is 0 Å². The molecule has 2 heterocycles. The van der Waals surface area contributed by atoms with Crippen molar-refractivity contribution in [2.75, 3.05) is 31.0 Å². The quantitative estimate of drug-likeness (QED) is 0.102. The van der Waals surface area contributed by atoms with Crippen molar-refractivity contribution in [2.24, 2.45) is 0 Å². The first-order valence-corrected chi connectivity index (χ1v) is 17.3. The zero-order valence-electron chi connectivity index (χ0n) is 31.2. The molecule has 57 heavy (non-hydrogen) atoms. The van der Waals surface area contributed by atoms with E-state index in [0.717, 1.165) is 0 Å². The third kappa shape index (κ3) is 11.6. The van der Waals surface area contributed by atoms with Crippen molar-refractivity contribution >= 4 is 69.8 Å². The van der Waals surface area contributed by atoms with Gasteiger partial charge in [-0.15, -0.1) is 0 Å². The van der Waals surface area contributed by atoms with Gasteiger partial charge in [0, 0.05) is 37.2 Å². The van der Waals surface area contributed by atoms with E-state index in [0.29, 0.717) is 55.7 Å². The second-order valence-corrected chi connectivity index (χ2v) is 13.1. The molecular formula is C41H48BClF2N6O6. The van der Waals surface area contributed by atoms with Crippen LogP contribution in [0.25, 0.3) is 33.3 Å². The summed E-state index contributed by atoms with van der Waals surface area (Å²) in [6, 6.07) is 21.8. The molecule has 0 atom stereocenters. The van der Waals surface area contributed by atoms with E-state index in [1.54, 1.807) is 42.5 Å². The predicted molar refractivity (Wildman–Crippen MR) is 225 cm³/mol. The highest BCUT2D eigenvalue weighted by Gasteiger charge is 2.20. The molecule has 302 valence electrons. The number of ether oxygens (including phenoxy) is 1. The van der Waals surface area contributed by atoms with Gasteiger partial charge in [0.15, 0.2) is 16.8 Å². The van der Waals surface area contributed by atoms with Gasteiger partial charge in [-0.1, -0.05) is 56.8 Å². The van der Waals surface area contributed by atoms with Crippen LogP contribution in [0, 0.1) is 11.6 Å². The van der Waals surface area contributed by atoms with E-state index >= 15 is 0 Å². The fourth-order valence-corrected chi connectivity index (χ4v) is 5.19. The number of nitrogens with zero attached hydrogens (tertiary/aromatic N) is 6. The van der Waals surface area contributed by atoms with Crippen LogP contribution in [0.3, 0.4) is 0 Å². The standard InChI is InChI=1S/C19H18FN3O2.C14H16ClN3O2.C6H6BFO2.2CH4/c1-11(2)23(3)18-17(13-6-4-5-7-14(13)20)21-15-9-8-12(19(24)25)10-16(15)22-18;1-8(2)18(3)13-12(15)16-10-6-5-9(14(19)20-4)7-11(10)17-13;8-6-4-2-1-3-5(6)7(9)10;;/h4-11H,1-3H3,(H,24,25);5-8H,1-4H3;1-4,9-10H;2*1H4. The molecule has 0 saturated carbocycles. The maximum absolute atomic E-state index is 14.3. The maximum atomic E-state index is 14.3. The van der Waals surface area contributed by atoms with Crippen LogP contribution in [-0.2, 0) is 4.74 Å². The van der Waals surface area contributed by atoms with Crippen LogP contribution in [0.5, 0.6) is 0 Å². The van der Waals surface area contributed by atoms with Gasteiger partial charge in [0.05, 0.1) is 40.3 Å². The Hall–Kier alpha value is -5.77. The number of hydrogen-bond donors (Lipinski definition) is 3. The van der Waals surface area contributed by atoms with Gasteiger partial charge in [-0.2, -0.15) is 0 Å². The van der Waals surface area contributed by atoms with E-state index in [-0.39, 0.29) is 43.8 Å². The number of rotatable bonds is 8. The molecule has 2 aromatic heterocycles. The van der Waals surface area contributed by atoms with Gasteiger partial charge in [0.25, 0.3) is 0 Å². The van der Waals surface area contributed by atoms with E-state index < -0.39 is 24.9 Å². The molecule has 0 unspecified atom stereocenters. The molecule has 12 nitrogen and oxygen atoms in total. The minimum absolute atomic E-state index is 0. The second kappa shape index (κ2) is 21.0. The van der Waals surface area contributed by atoms with Crippen molar-refractivity contribution in [3.05, 3.63) is 113 Å². The molecule has 3 N–H and O–H groups in total. The number of carbonyl (C=O) groups excluding carboxylic acids is 1. The summed E-state index contributed by atoms with van der Waals surface area (Å²) in [6.07, 6.45) is 0. The van der Waals surface area contributed by atoms with Crippen LogP contribution in [0.15, 0.2) is 84.9 Å². The largest absolute Gasteiger partial charge is 0.491 e. The number of carboxylic acid groups (broad SMARTS) is 1. The lowest BCUT2D eigenvalue weighted by Crippen LogP contribution is -2.32. The summed E-state index contributed by atoms with van der Waals surface area (Å²) >= 11 is 6.16. The maximum Gasteiger partial charge on any atom is 0.491 e. The molecule has 0 saturated heterocycles. The number of aromatic nitrogens is 4. The summed E-state index contributed by atoms with van der Waals surface area (Å²) in [5.74, 6) is -1.30. The molecule has 0 aliphatic rings. The number of fused-ring (bicyclic) bond motifs is 2. The van der Waals surface area contributed by atoms with Crippen LogP contribution < -0.4 is 15.3 Å². The summed E-state index contributed by atoms with van der Waals surface area (Å²) in [5, 5.41) is 26.6. The molecule has 16 heteroatoms. The molecule has 4 aromatic carbocycles. The van der Waals surface area contributed by atoms with Gasteiger partial charge in [-0.25, -0.2) is 38.3 Å². The number of aromatic carboxylic acids is 1. The Kier molecular flexibility index (Phi) is 17.4. The van der Waals surface area contributed by atoms with Crippen molar-refractivity contribution in [2.45, 2.75) is 54.6 Å². The molecule has 0 amide bonds. The fraction of sp³-hybridized carbons (Fsp3) is 0.268. The Morgan fingerprint density at radius 1 is 0.702 bits per heavy atom. The molecule has 0 fully saturated rings. The van der Waals surface area contributed by atoms with Gasteiger partial charge in [0.1, 0.15) is 17.3 Å². The molecule has 0 aliphatic heterocycles. The topological polar surface area (TPSA) is 162 Å². The first-order chi connectivity index (χ1) is 26.0.